The number of carbonyl (C=O) groups is 4. The summed E-state index contributed by atoms with van der Waals surface area (Å²) >= 11 is 0. The smallest absolute Gasteiger partial charge is 0.326 e. The summed E-state index contributed by atoms with van der Waals surface area (Å²) in [7, 11) is 0. The Labute approximate surface area is 235 Å². The van der Waals surface area contributed by atoms with Gasteiger partial charge in [0.15, 0.2) is 11.9 Å². The Morgan fingerprint density at radius 1 is 1.00 bits per heavy atom. The van der Waals surface area contributed by atoms with E-state index in [2.05, 4.69) is 17.6 Å². The Kier molecular flexibility index (Phi) is 9.43. The lowest BCUT2D eigenvalue weighted by Gasteiger charge is -2.59. The van der Waals surface area contributed by atoms with E-state index >= 15 is 0 Å². The van der Waals surface area contributed by atoms with E-state index in [1.807, 2.05) is 13.8 Å². The molecular weight excluding hydrogens is 524 g/mol. The normalized spacial score (nSPS) is 37.1. The molecule has 4 saturated heterocycles. The van der Waals surface area contributed by atoms with Crippen molar-refractivity contribution in [3.63, 3.8) is 0 Å². The largest absolute Gasteiger partial charge is 0.480 e. The van der Waals surface area contributed by atoms with Crippen LogP contribution in [0.1, 0.15) is 86.0 Å². The van der Waals surface area contributed by atoms with Gasteiger partial charge in [-0.2, -0.15) is 0 Å². The zero-order chi connectivity index (χ0) is 29.2. The van der Waals surface area contributed by atoms with Gasteiger partial charge in [-0.3, -0.25) is 14.4 Å². The predicted octanol–water partition coefficient (Wildman–Crippen LogP) is 2.64. The number of fused-ring (bicyclic) bond motifs is 2. The first-order valence-electron chi connectivity index (χ1n) is 14.5. The minimum absolute atomic E-state index is 0.0275. The van der Waals surface area contributed by atoms with Crippen LogP contribution in [0.25, 0.3) is 0 Å². The van der Waals surface area contributed by atoms with Gasteiger partial charge < -0.3 is 30.0 Å². The lowest BCUT2D eigenvalue weighted by molar-refractivity contribution is -0.576. The van der Waals surface area contributed by atoms with Crippen LogP contribution in [0.3, 0.4) is 0 Å². The minimum Gasteiger partial charge on any atom is -0.480 e. The molecule has 0 aromatic carbocycles. The Hall–Kier alpha value is -2.28. The highest BCUT2D eigenvalue weighted by atomic mass is 17.3. The zero-order valence-corrected chi connectivity index (χ0v) is 24.1. The second-order valence-electron chi connectivity index (χ2n) is 12.3. The van der Waals surface area contributed by atoms with E-state index in [9.17, 15) is 19.2 Å². The van der Waals surface area contributed by atoms with Crippen molar-refractivity contribution in [1.82, 2.24) is 10.6 Å². The second kappa shape index (κ2) is 12.3. The van der Waals surface area contributed by atoms with Crippen LogP contribution in [-0.2, 0) is 43.2 Å². The van der Waals surface area contributed by atoms with Gasteiger partial charge in [-0.15, -0.1) is 0 Å². The summed E-state index contributed by atoms with van der Waals surface area (Å²) in [6.07, 6.45) is 2.21. The maximum atomic E-state index is 12.7. The summed E-state index contributed by atoms with van der Waals surface area (Å²) in [4.78, 5) is 60.0. The fraction of sp³-hybridized carbons (Fsp3) is 0.857. The second-order valence-corrected chi connectivity index (χ2v) is 12.3. The minimum atomic E-state index is -1.08. The first-order chi connectivity index (χ1) is 18.9. The number of amides is 2. The predicted molar refractivity (Wildman–Crippen MR) is 139 cm³/mol. The van der Waals surface area contributed by atoms with Gasteiger partial charge in [0.1, 0.15) is 6.04 Å². The first-order valence-corrected chi connectivity index (χ1v) is 14.5. The number of aliphatic carboxylic acids is 1. The number of hydrogen-bond acceptors (Lipinski definition) is 9. The number of carbonyl (C=O) groups excluding carboxylic acids is 3. The van der Waals surface area contributed by atoms with E-state index in [1.165, 1.54) is 0 Å². The van der Waals surface area contributed by atoms with Crippen molar-refractivity contribution in [2.24, 2.45) is 29.6 Å². The van der Waals surface area contributed by atoms with Gasteiger partial charge in [0, 0.05) is 37.6 Å². The third-order valence-electron chi connectivity index (χ3n) is 9.05. The molecule has 0 unspecified atom stereocenters. The van der Waals surface area contributed by atoms with Crippen molar-refractivity contribution in [3.05, 3.63) is 0 Å². The van der Waals surface area contributed by atoms with E-state index in [4.69, 9.17) is 29.1 Å². The molecule has 1 spiro atoms. The summed E-state index contributed by atoms with van der Waals surface area (Å²) in [6, 6.07) is -0.953. The zero-order valence-electron chi connectivity index (χ0n) is 24.1. The molecule has 2 bridgehead atoms. The maximum Gasteiger partial charge on any atom is 0.326 e. The number of carboxylic acid groups (broad SMARTS) is 1. The quantitative estimate of drug-likeness (QED) is 0.192. The Morgan fingerprint density at radius 2 is 1.75 bits per heavy atom. The van der Waals surface area contributed by atoms with Crippen molar-refractivity contribution < 1.29 is 48.3 Å². The number of esters is 1. The molecule has 0 aromatic heterocycles. The monoisotopic (exact) mass is 568 g/mol. The van der Waals surface area contributed by atoms with Crippen molar-refractivity contribution >= 4 is 23.8 Å². The van der Waals surface area contributed by atoms with Crippen LogP contribution in [0, 0.1) is 29.6 Å². The van der Waals surface area contributed by atoms with Crippen LogP contribution in [0.15, 0.2) is 0 Å². The number of carboxylic acids is 1. The van der Waals surface area contributed by atoms with Crippen LogP contribution >= 0.6 is 0 Å². The van der Waals surface area contributed by atoms with Gasteiger partial charge in [0.2, 0.25) is 23.9 Å². The molecule has 226 valence electrons. The van der Waals surface area contributed by atoms with Crippen molar-refractivity contribution in [3.8, 4) is 0 Å². The van der Waals surface area contributed by atoms with Crippen molar-refractivity contribution in [2.45, 2.75) is 116 Å². The van der Waals surface area contributed by atoms with Gasteiger partial charge >= 0.3 is 11.9 Å². The standard InChI is InChI=1S/C28H44N2O10/c1-15(2)23(24(34)35)30-21(32)7-6-14-29-20(31)10-11-22(33)36-25-17(4)19-9-8-16(3)18-12-13-27(5)38-26(37-25)28(18,19)40-39-27/h15-19,23,25-26H,6-14H2,1-5H3,(H,29,31)(H,30,32)(H,34,35)/t16-,17-,18+,19+,23+,25-,26+,27+,28-/m1/s1. The van der Waals surface area contributed by atoms with E-state index in [-0.39, 0.29) is 55.4 Å². The van der Waals surface area contributed by atoms with E-state index in [1.54, 1.807) is 13.8 Å². The summed E-state index contributed by atoms with van der Waals surface area (Å²) in [5, 5.41) is 14.3. The lowest BCUT2D eigenvalue weighted by atomic mass is 9.58. The fourth-order valence-corrected chi connectivity index (χ4v) is 6.74. The molecule has 5 fully saturated rings. The van der Waals surface area contributed by atoms with Crippen LogP contribution in [0.5, 0.6) is 0 Å². The molecule has 4 heterocycles. The van der Waals surface area contributed by atoms with Gasteiger partial charge in [0.25, 0.3) is 0 Å². The molecule has 5 rings (SSSR count). The van der Waals surface area contributed by atoms with E-state index in [0.29, 0.717) is 18.8 Å². The van der Waals surface area contributed by atoms with Gasteiger partial charge in [-0.1, -0.05) is 27.7 Å². The molecule has 40 heavy (non-hydrogen) atoms. The Bertz CT molecular complexity index is 975. The average molecular weight is 569 g/mol. The highest BCUT2D eigenvalue weighted by molar-refractivity contribution is 5.84. The fourth-order valence-electron chi connectivity index (χ4n) is 6.74. The summed E-state index contributed by atoms with van der Waals surface area (Å²) < 4.78 is 18.2. The molecule has 1 aliphatic carbocycles. The van der Waals surface area contributed by atoms with Gasteiger partial charge in [-0.05, 0) is 50.4 Å². The molecule has 9 atom stereocenters. The number of ether oxygens (including phenoxy) is 3. The summed E-state index contributed by atoms with van der Waals surface area (Å²) in [6.45, 7) is 9.72. The van der Waals surface area contributed by atoms with Crippen LogP contribution in [0.2, 0.25) is 0 Å². The molecular formula is C28H44N2O10. The molecule has 5 aliphatic rings. The summed E-state index contributed by atoms with van der Waals surface area (Å²) in [5.74, 6) is -3.01. The number of rotatable bonds is 11. The van der Waals surface area contributed by atoms with E-state index in [0.717, 1.165) is 19.3 Å². The average Bonchev–Trinajstić information content (AvgIpc) is 3.12. The lowest BCUT2D eigenvalue weighted by Crippen LogP contribution is -2.70. The molecule has 3 N–H and O–H groups in total. The Morgan fingerprint density at radius 3 is 2.45 bits per heavy atom. The van der Waals surface area contributed by atoms with Crippen LogP contribution in [-0.4, -0.2) is 65.4 Å². The molecule has 1 saturated carbocycles. The molecule has 0 radical (unpaired) electrons. The van der Waals surface area contributed by atoms with Crippen LogP contribution in [0.4, 0.5) is 0 Å². The van der Waals surface area contributed by atoms with E-state index < -0.39 is 47.9 Å². The first kappa shape index (κ1) is 30.7. The molecule has 2 amide bonds. The third-order valence-corrected chi connectivity index (χ3v) is 9.05. The molecule has 0 aromatic rings. The van der Waals surface area contributed by atoms with Crippen LogP contribution < -0.4 is 10.6 Å². The third kappa shape index (κ3) is 6.29. The van der Waals surface area contributed by atoms with Gasteiger partial charge in [-0.25, -0.2) is 14.6 Å². The van der Waals surface area contributed by atoms with Crippen molar-refractivity contribution in [1.29, 1.82) is 0 Å². The summed E-state index contributed by atoms with van der Waals surface area (Å²) in [5.41, 5.74) is -0.740. The molecule has 12 nitrogen and oxygen atoms in total. The molecule has 4 aliphatic heterocycles. The van der Waals surface area contributed by atoms with Gasteiger partial charge in [0.05, 0.1) is 6.42 Å². The number of nitrogens with one attached hydrogen (secondary N) is 2. The highest BCUT2D eigenvalue weighted by Gasteiger charge is 2.69. The SMILES string of the molecule is CC(C)[C@H](NC(=O)CCCNC(=O)CCC(=O)O[C@@H]1O[C@H]2O[C@]3(C)CC[C@H]4[C@H](C)CC[C@@H]([C@H]1C)[C@@]24OO3)C(=O)O. The van der Waals surface area contributed by atoms with Crippen molar-refractivity contribution in [2.75, 3.05) is 6.54 Å². The topological polar surface area (TPSA) is 159 Å². The number of hydrogen-bond donors (Lipinski definition) is 3. The maximum absolute atomic E-state index is 12.7. The molecule has 12 heteroatoms. The Balaban J connectivity index is 1.22. The highest BCUT2D eigenvalue weighted by Crippen LogP contribution is 2.60.